The third-order valence-corrected chi connectivity index (χ3v) is 6.22. The molecule has 0 saturated heterocycles. The standard InChI is InChI=1S/C22H20FNO2S/c1-4-11(2)13-5-7-14(8-6-13)18-16(25)9-12(3)20-19(18)15-10-17(23)27-21(15)22(26)24-20/h5-11,25H,4H2,1-3H3,(H,24,26). The fourth-order valence-corrected chi connectivity index (χ4v) is 4.41. The zero-order valence-electron chi connectivity index (χ0n) is 15.4. The first kappa shape index (κ1) is 17.7. The van der Waals surface area contributed by atoms with Crippen molar-refractivity contribution < 1.29 is 9.50 Å². The number of hydrogen-bond acceptors (Lipinski definition) is 3. The summed E-state index contributed by atoms with van der Waals surface area (Å²) in [5, 5.41) is 11.5. The van der Waals surface area contributed by atoms with E-state index in [2.05, 4.69) is 31.0 Å². The minimum Gasteiger partial charge on any atom is -0.507 e. The molecule has 138 valence electrons. The van der Waals surface area contributed by atoms with Gasteiger partial charge in [0, 0.05) is 16.3 Å². The van der Waals surface area contributed by atoms with Crippen LogP contribution in [0.5, 0.6) is 5.75 Å². The van der Waals surface area contributed by atoms with Gasteiger partial charge in [0.25, 0.3) is 5.56 Å². The van der Waals surface area contributed by atoms with Gasteiger partial charge in [0.1, 0.15) is 10.4 Å². The van der Waals surface area contributed by atoms with Crippen LogP contribution in [0, 0.1) is 12.1 Å². The zero-order valence-corrected chi connectivity index (χ0v) is 16.2. The van der Waals surface area contributed by atoms with E-state index >= 15 is 0 Å². The van der Waals surface area contributed by atoms with E-state index in [1.807, 2.05) is 19.1 Å². The average Bonchev–Trinajstić information content (AvgIpc) is 3.05. The van der Waals surface area contributed by atoms with E-state index in [0.717, 1.165) is 28.9 Å². The van der Waals surface area contributed by atoms with Crippen molar-refractivity contribution >= 4 is 32.3 Å². The van der Waals surface area contributed by atoms with Crippen LogP contribution >= 0.6 is 11.3 Å². The summed E-state index contributed by atoms with van der Waals surface area (Å²) in [4.78, 5) is 15.2. The second-order valence-electron chi connectivity index (χ2n) is 7.02. The number of pyridine rings is 1. The van der Waals surface area contributed by atoms with Gasteiger partial charge in [-0.05, 0) is 48.1 Å². The lowest BCUT2D eigenvalue weighted by Crippen LogP contribution is -2.05. The SMILES string of the molecule is CCC(C)c1ccc(-c2c(O)cc(C)c3[nH]c(=O)c4sc(F)cc4c23)cc1. The van der Waals surface area contributed by atoms with Gasteiger partial charge < -0.3 is 10.1 Å². The first-order valence-corrected chi connectivity index (χ1v) is 9.80. The fourth-order valence-electron chi connectivity index (χ4n) is 3.62. The van der Waals surface area contributed by atoms with Crippen molar-refractivity contribution in [3.8, 4) is 16.9 Å². The molecule has 2 N–H and O–H groups in total. The topological polar surface area (TPSA) is 53.1 Å². The summed E-state index contributed by atoms with van der Waals surface area (Å²) in [5.41, 5.74) is 3.75. The van der Waals surface area contributed by atoms with Gasteiger partial charge in [-0.15, -0.1) is 11.3 Å². The van der Waals surface area contributed by atoms with Crippen molar-refractivity contribution in [2.45, 2.75) is 33.1 Å². The zero-order chi connectivity index (χ0) is 19.3. The van der Waals surface area contributed by atoms with Gasteiger partial charge in [-0.2, -0.15) is 4.39 Å². The Morgan fingerprint density at radius 1 is 1.22 bits per heavy atom. The molecule has 4 aromatic rings. The van der Waals surface area contributed by atoms with Crippen molar-refractivity contribution in [2.75, 3.05) is 0 Å². The minimum atomic E-state index is -0.415. The van der Waals surface area contributed by atoms with E-state index in [1.54, 1.807) is 6.07 Å². The van der Waals surface area contributed by atoms with Gasteiger partial charge in [0.15, 0.2) is 5.13 Å². The molecule has 0 saturated carbocycles. The number of halogens is 1. The van der Waals surface area contributed by atoms with Crippen molar-refractivity contribution in [1.82, 2.24) is 4.98 Å². The molecule has 2 aromatic heterocycles. The van der Waals surface area contributed by atoms with E-state index in [1.165, 1.54) is 11.6 Å². The van der Waals surface area contributed by atoms with E-state index in [-0.39, 0.29) is 11.3 Å². The van der Waals surface area contributed by atoms with Crippen LogP contribution in [0.25, 0.3) is 32.1 Å². The highest BCUT2D eigenvalue weighted by molar-refractivity contribution is 7.17. The predicted molar refractivity (Wildman–Crippen MR) is 110 cm³/mol. The Bertz CT molecular complexity index is 1220. The number of nitrogens with one attached hydrogen (secondary N) is 1. The largest absolute Gasteiger partial charge is 0.507 e. The van der Waals surface area contributed by atoms with Crippen molar-refractivity contribution in [2.24, 2.45) is 0 Å². The van der Waals surface area contributed by atoms with E-state index in [0.29, 0.717) is 32.5 Å². The number of hydrogen-bond donors (Lipinski definition) is 2. The van der Waals surface area contributed by atoms with Crippen LogP contribution in [-0.2, 0) is 0 Å². The van der Waals surface area contributed by atoms with Crippen LogP contribution in [0.4, 0.5) is 4.39 Å². The van der Waals surface area contributed by atoms with Gasteiger partial charge in [0.2, 0.25) is 0 Å². The number of rotatable bonds is 3. The highest BCUT2D eigenvalue weighted by Crippen LogP contribution is 2.41. The van der Waals surface area contributed by atoms with Crippen LogP contribution in [0.3, 0.4) is 0 Å². The summed E-state index contributed by atoms with van der Waals surface area (Å²) in [6, 6.07) is 11.1. The number of aromatic amines is 1. The minimum absolute atomic E-state index is 0.122. The van der Waals surface area contributed by atoms with Gasteiger partial charge in [-0.3, -0.25) is 4.79 Å². The number of aromatic nitrogens is 1. The maximum Gasteiger partial charge on any atom is 0.266 e. The number of H-pyrrole nitrogens is 1. The van der Waals surface area contributed by atoms with Gasteiger partial charge in [0.05, 0.1) is 5.52 Å². The highest BCUT2D eigenvalue weighted by Gasteiger charge is 2.19. The van der Waals surface area contributed by atoms with Crippen LogP contribution < -0.4 is 5.56 Å². The Hall–Kier alpha value is -2.66. The molecule has 2 heterocycles. The summed E-state index contributed by atoms with van der Waals surface area (Å²) >= 11 is 0.826. The van der Waals surface area contributed by atoms with Crippen LogP contribution in [-0.4, -0.2) is 10.1 Å². The quantitative estimate of drug-likeness (QED) is 0.452. The molecule has 0 fully saturated rings. The molecule has 0 aliphatic heterocycles. The van der Waals surface area contributed by atoms with Gasteiger partial charge >= 0.3 is 0 Å². The Kier molecular flexibility index (Phi) is 4.27. The molecule has 0 spiro atoms. The third kappa shape index (κ3) is 2.82. The molecule has 0 aliphatic rings. The number of phenols is 1. The molecule has 2 aromatic carbocycles. The highest BCUT2D eigenvalue weighted by atomic mass is 32.1. The molecule has 0 bridgehead atoms. The molecule has 3 nitrogen and oxygen atoms in total. The number of benzene rings is 2. The first-order valence-electron chi connectivity index (χ1n) is 8.98. The summed E-state index contributed by atoms with van der Waals surface area (Å²) in [7, 11) is 0. The molecule has 0 radical (unpaired) electrons. The Balaban J connectivity index is 2.08. The summed E-state index contributed by atoms with van der Waals surface area (Å²) < 4.78 is 14.3. The summed E-state index contributed by atoms with van der Waals surface area (Å²) in [5.74, 6) is 0.577. The fraction of sp³-hybridized carbons (Fsp3) is 0.227. The molecule has 1 atom stereocenters. The van der Waals surface area contributed by atoms with Crippen molar-refractivity contribution in [1.29, 1.82) is 0 Å². The van der Waals surface area contributed by atoms with Gasteiger partial charge in [-0.25, -0.2) is 0 Å². The lowest BCUT2D eigenvalue weighted by Gasteiger charge is -2.14. The number of aromatic hydroxyl groups is 1. The van der Waals surface area contributed by atoms with E-state index in [4.69, 9.17) is 0 Å². The number of fused-ring (bicyclic) bond motifs is 3. The Morgan fingerprint density at radius 3 is 2.59 bits per heavy atom. The Morgan fingerprint density at radius 2 is 1.93 bits per heavy atom. The molecule has 4 rings (SSSR count). The second kappa shape index (κ2) is 6.50. The molecule has 27 heavy (non-hydrogen) atoms. The molecule has 1 unspecified atom stereocenters. The normalized spacial score (nSPS) is 12.7. The first-order chi connectivity index (χ1) is 12.9. The lowest BCUT2D eigenvalue weighted by atomic mass is 9.92. The predicted octanol–water partition coefficient (Wildman–Crippen LogP) is 6.08. The third-order valence-electron chi connectivity index (χ3n) is 5.30. The van der Waals surface area contributed by atoms with Crippen LogP contribution in [0.1, 0.15) is 37.3 Å². The van der Waals surface area contributed by atoms with E-state index in [9.17, 15) is 14.3 Å². The van der Waals surface area contributed by atoms with Crippen LogP contribution in [0.15, 0.2) is 41.2 Å². The van der Waals surface area contributed by atoms with Crippen molar-refractivity contribution in [3.63, 3.8) is 0 Å². The number of thiophene rings is 1. The van der Waals surface area contributed by atoms with Crippen molar-refractivity contribution in [3.05, 3.63) is 63.0 Å². The van der Waals surface area contributed by atoms with E-state index < -0.39 is 5.13 Å². The maximum atomic E-state index is 13.9. The smallest absolute Gasteiger partial charge is 0.266 e. The monoisotopic (exact) mass is 381 g/mol. The summed E-state index contributed by atoms with van der Waals surface area (Å²) in [6.07, 6.45) is 1.05. The lowest BCUT2D eigenvalue weighted by molar-refractivity contribution is 0.477. The van der Waals surface area contributed by atoms with Crippen LogP contribution in [0.2, 0.25) is 0 Å². The molecule has 5 heteroatoms. The molecule has 0 aliphatic carbocycles. The summed E-state index contributed by atoms with van der Waals surface area (Å²) in [6.45, 7) is 6.15. The average molecular weight is 381 g/mol. The second-order valence-corrected chi connectivity index (χ2v) is 8.02. The molecule has 0 amide bonds. The molecular formula is C22H20FNO2S. The molecular weight excluding hydrogens is 361 g/mol. The Labute approximate surface area is 160 Å². The van der Waals surface area contributed by atoms with Gasteiger partial charge in [-0.1, -0.05) is 38.1 Å². The number of aryl methyl sites for hydroxylation is 1. The maximum absolute atomic E-state index is 13.9. The number of phenolic OH excluding ortho intramolecular Hbond substituents is 1.